The molecule has 1 saturated heterocycles. The molecule has 1 aliphatic heterocycles. The van der Waals surface area contributed by atoms with E-state index in [1.165, 1.54) is 12.1 Å². The molecule has 0 aromatic heterocycles. The number of carbonyl (C=O) groups excluding carboxylic acids is 1. The molecule has 2 N–H and O–H groups in total. The number of halogens is 3. The van der Waals surface area contributed by atoms with Crippen LogP contribution in [0.3, 0.4) is 0 Å². The number of hydrogen-bond acceptors (Lipinski definition) is 4. The Bertz CT molecular complexity index is 552. The Hall–Kier alpha value is -1.80. The van der Waals surface area contributed by atoms with Gasteiger partial charge in [0, 0.05) is 12.6 Å². The maximum Gasteiger partial charge on any atom is 0.422 e. The number of amides is 1. The van der Waals surface area contributed by atoms with Crippen LogP contribution in [0.4, 0.5) is 13.2 Å². The van der Waals surface area contributed by atoms with Crippen molar-refractivity contribution in [3.8, 4) is 5.75 Å². The second-order valence-electron chi connectivity index (χ2n) is 5.78. The molecular weight excluding hydrogens is 325 g/mol. The standard InChI is InChI=1S/C16H21F3N2O3/c17-16(18,19)11-24-14-5-1-3-12(7-14)8-20-15(23)9-21-6-2-4-13(21)10-22/h1,3,5,7,13,22H,2,4,6,8-11H2,(H,20,23)/t13-/m1/s1. The smallest absolute Gasteiger partial charge is 0.422 e. The molecule has 8 heteroatoms. The van der Waals surface area contributed by atoms with Gasteiger partial charge in [-0.3, -0.25) is 9.69 Å². The van der Waals surface area contributed by atoms with Gasteiger partial charge in [-0.15, -0.1) is 0 Å². The minimum atomic E-state index is -4.39. The third kappa shape index (κ3) is 6.01. The van der Waals surface area contributed by atoms with Crippen LogP contribution in [0.5, 0.6) is 5.75 Å². The molecule has 2 rings (SSSR count). The average molecular weight is 346 g/mol. The molecule has 0 unspecified atom stereocenters. The van der Waals surface area contributed by atoms with E-state index >= 15 is 0 Å². The first-order valence-electron chi connectivity index (χ1n) is 7.77. The minimum Gasteiger partial charge on any atom is -0.484 e. The number of nitrogens with zero attached hydrogens (tertiary/aromatic N) is 1. The molecule has 0 saturated carbocycles. The SMILES string of the molecule is O=C(CN1CCC[C@@H]1CO)NCc1cccc(OCC(F)(F)F)c1. The van der Waals surface area contributed by atoms with Crippen molar-refractivity contribution in [2.24, 2.45) is 0 Å². The van der Waals surface area contributed by atoms with Gasteiger partial charge in [0.1, 0.15) is 5.75 Å². The zero-order chi connectivity index (χ0) is 17.6. The second kappa shape index (κ2) is 8.34. The molecule has 0 spiro atoms. The van der Waals surface area contributed by atoms with Gasteiger partial charge in [-0.05, 0) is 37.1 Å². The van der Waals surface area contributed by atoms with Gasteiger partial charge >= 0.3 is 6.18 Å². The molecular formula is C16H21F3N2O3. The van der Waals surface area contributed by atoms with E-state index in [2.05, 4.69) is 10.1 Å². The summed E-state index contributed by atoms with van der Waals surface area (Å²) in [7, 11) is 0. The second-order valence-corrected chi connectivity index (χ2v) is 5.78. The number of aliphatic hydroxyl groups excluding tert-OH is 1. The summed E-state index contributed by atoms with van der Waals surface area (Å²) in [5, 5.41) is 12.0. The lowest BCUT2D eigenvalue weighted by Crippen LogP contribution is -2.40. The number of rotatable bonds is 7. The van der Waals surface area contributed by atoms with Crippen LogP contribution in [0.2, 0.25) is 0 Å². The van der Waals surface area contributed by atoms with Gasteiger partial charge in [0.2, 0.25) is 5.91 Å². The summed E-state index contributed by atoms with van der Waals surface area (Å²) in [6, 6.07) is 6.21. The van der Waals surface area contributed by atoms with Crippen molar-refractivity contribution in [1.29, 1.82) is 0 Å². The molecule has 1 aromatic rings. The van der Waals surface area contributed by atoms with Gasteiger partial charge in [-0.25, -0.2) is 0 Å². The number of likely N-dealkylation sites (tertiary alicyclic amines) is 1. The topological polar surface area (TPSA) is 61.8 Å². The fourth-order valence-electron chi connectivity index (χ4n) is 2.66. The Labute approximate surface area is 138 Å². The molecule has 1 fully saturated rings. The fourth-order valence-corrected chi connectivity index (χ4v) is 2.66. The summed E-state index contributed by atoms with van der Waals surface area (Å²) in [4.78, 5) is 13.9. The quantitative estimate of drug-likeness (QED) is 0.789. The van der Waals surface area contributed by atoms with Crippen molar-refractivity contribution < 1.29 is 27.8 Å². The summed E-state index contributed by atoms with van der Waals surface area (Å²) in [6.07, 6.45) is -2.55. The van der Waals surface area contributed by atoms with Crippen molar-refractivity contribution in [3.05, 3.63) is 29.8 Å². The first-order chi connectivity index (χ1) is 11.4. The zero-order valence-corrected chi connectivity index (χ0v) is 13.2. The third-order valence-electron chi connectivity index (χ3n) is 3.85. The number of alkyl halides is 3. The Kier molecular flexibility index (Phi) is 6.44. The van der Waals surface area contributed by atoms with Crippen LogP contribution in [0.15, 0.2) is 24.3 Å². The van der Waals surface area contributed by atoms with Gasteiger partial charge in [-0.1, -0.05) is 12.1 Å². The maximum atomic E-state index is 12.1. The molecule has 1 atom stereocenters. The average Bonchev–Trinajstić information content (AvgIpc) is 2.98. The Morgan fingerprint density at radius 1 is 1.42 bits per heavy atom. The van der Waals surface area contributed by atoms with E-state index in [9.17, 15) is 23.1 Å². The molecule has 5 nitrogen and oxygen atoms in total. The van der Waals surface area contributed by atoms with Crippen LogP contribution in [-0.4, -0.2) is 54.4 Å². The van der Waals surface area contributed by atoms with Gasteiger partial charge in [0.25, 0.3) is 0 Å². The number of nitrogens with one attached hydrogen (secondary N) is 1. The van der Waals surface area contributed by atoms with Crippen molar-refractivity contribution in [2.45, 2.75) is 31.6 Å². The van der Waals surface area contributed by atoms with Gasteiger partial charge < -0.3 is 15.2 Å². The van der Waals surface area contributed by atoms with E-state index in [0.29, 0.717) is 5.56 Å². The molecule has 0 bridgehead atoms. The minimum absolute atomic E-state index is 0.0230. The van der Waals surface area contributed by atoms with Crippen molar-refractivity contribution in [1.82, 2.24) is 10.2 Å². The molecule has 24 heavy (non-hydrogen) atoms. The zero-order valence-electron chi connectivity index (χ0n) is 13.2. The van der Waals surface area contributed by atoms with Gasteiger partial charge in [0.05, 0.1) is 13.2 Å². The summed E-state index contributed by atoms with van der Waals surface area (Å²) < 4.78 is 41.1. The van der Waals surface area contributed by atoms with E-state index in [0.717, 1.165) is 19.4 Å². The molecule has 1 aromatic carbocycles. The van der Waals surface area contributed by atoms with Crippen molar-refractivity contribution >= 4 is 5.91 Å². The first-order valence-corrected chi connectivity index (χ1v) is 7.77. The lowest BCUT2D eigenvalue weighted by molar-refractivity contribution is -0.153. The van der Waals surface area contributed by atoms with Crippen LogP contribution < -0.4 is 10.1 Å². The predicted molar refractivity (Wildman–Crippen MR) is 81.5 cm³/mol. The van der Waals surface area contributed by atoms with Gasteiger partial charge in [-0.2, -0.15) is 13.2 Å². The van der Waals surface area contributed by atoms with E-state index in [1.54, 1.807) is 12.1 Å². The molecule has 1 aliphatic rings. The Morgan fingerprint density at radius 2 is 2.21 bits per heavy atom. The highest BCUT2D eigenvalue weighted by Gasteiger charge is 2.28. The molecule has 0 radical (unpaired) electrons. The highest BCUT2D eigenvalue weighted by atomic mass is 19.4. The largest absolute Gasteiger partial charge is 0.484 e. The Balaban J connectivity index is 1.80. The van der Waals surface area contributed by atoms with E-state index in [1.807, 2.05) is 4.90 Å². The third-order valence-corrected chi connectivity index (χ3v) is 3.85. The molecule has 134 valence electrons. The van der Waals surface area contributed by atoms with Gasteiger partial charge in [0.15, 0.2) is 6.61 Å². The first kappa shape index (κ1) is 18.5. The van der Waals surface area contributed by atoms with Crippen LogP contribution in [0.25, 0.3) is 0 Å². The van der Waals surface area contributed by atoms with Crippen LogP contribution in [-0.2, 0) is 11.3 Å². The summed E-state index contributed by atoms with van der Waals surface area (Å²) in [5.74, 6) is -0.0732. The number of aliphatic hydroxyl groups is 1. The lowest BCUT2D eigenvalue weighted by Gasteiger charge is -2.21. The predicted octanol–water partition coefficient (Wildman–Crippen LogP) is 1.70. The highest BCUT2D eigenvalue weighted by molar-refractivity contribution is 5.78. The van der Waals surface area contributed by atoms with Crippen LogP contribution in [0, 0.1) is 0 Å². The van der Waals surface area contributed by atoms with E-state index in [-0.39, 0.29) is 37.4 Å². The number of carbonyl (C=O) groups is 1. The summed E-state index contributed by atoms with van der Waals surface area (Å²) in [5.41, 5.74) is 0.656. The lowest BCUT2D eigenvalue weighted by atomic mass is 10.2. The van der Waals surface area contributed by atoms with Crippen molar-refractivity contribution in [2.75, 3.05) is 26.3 Å². The molecule has 1 amide bonds. The number of benzene rings is 1. The van der Waals surface area contributed by atoms with Crippen LogP contribution >= 0.6 is 0 Å². The summed E-state index contributed by atoms with van der Waals surface area (Å²) in [6.45, 7) is -0.124. The maximum absolute atomic E-state index is 12.1. The number of hydrogen-bond donors (Lipinski definition) is 2. The normalized spacial score (nSPS) is 18.6. The summed E-state index contributed by atoms with van der Waals surface area (Å²) >= 11 is 0. The monoisotopic (exact) mass is 346 g/mol. The molecule has 0 aliphatic carbocycles. The van der Waals surface area contributed by atoms with E-state index < -0.39 is 12.8 Å². The van der Waals surface area contributed by atoms with Crippen LogP contribution in [0.1, 0.15) is 18.4 Å². The fraction of sp³-hybridized carbons (Fsp3) is 0.562. The van der Waals surface area contributed by atoms with Crippen molar-refractivity contribution in [3.63, 3.8) is 0 Å². The van der Waals surface area contributed by atoms with E-state index in [4.69, 9.17) is 0 Å². The molecule has 1 heterocycles. The highest BCUT2D eigenvalue weighted by Crippen LogP contribution is 2.19. The Morgan fingerprint density at radius 3 is 2.92 bits per heavy atom. The number of ether oxygens (including phenoxy) is 1.